The number of nitrogens with zero attached hydrogens (tertiary/aromatic N) is 2. The number of ether oxygens (including phenoxy) is 1. The van der Waals surface area contributed by atoms with E-state index in [2.05, 4.69) is 14.7 Å². The molecule has 0 amide bonds. The highest BCUT2D eigenvalue weighted by molar-refractivity contribution is 6.28. The first-order valence-electron chi connectivity index (χ1n) is 2.97. The smallest absolute Gasteiger partial charge is 0.365 e. The van der Waals surface area contributed by atoms with Gasteiger partial charge in [-0.1, -0.05) is 0 Å². The van der Waals surface area contributed by atoms with Crippen LogP contribution in [0.4, 0.5) is 0 Å². The number of cyclic esters (lactones) is 2. The van der Waals surface area contributed by atoms with Crippen LogP contribution < -0.4 is 0 Å². The average molecular weight is 185 g/mol. The fourth-order valence-electron chi connectivity index (χ4n) is 0.853. The lowest BCUT2D eigenvalue weighted by atomic mass is 10.3. The Morgan fingerprint density at radius 3 is 2.83 bits per heavy atom. The number of carbonyl (C=O) groups is 2. The summed E-state index contributed by atoms with van der Waals surface area (Å²) in [6, 6.07) is 0. The van der Waals surface area contributed by atoms with Gasteiger partial charge in [0.1, 0.15) is 5.56 Å². The maximum Gasteiger partial charge on any atom is 0.365 e. The summed E-state index contributed by atoms with van der Waals surface area (Å²) in [5.74, 6) is -1.51. The summed E-state index contributed by atoms with van der Waals surface area (Å²) in [7, 11) is 0. The molecule has 12 heavy (non-hydrogen) atoms. The Morgan fingerprint density at radius 2 is 2.08 bits per heavy atom. The van der Waals surface area contributed by atoms with E-state index < -0.39 is 11.9 Å². The lowest BCUT2D eigenvalue weighted by Crippen LogP contribution is -1.98. The Labute approximate surface area is 71.3 Å². The lowest BCUT2D eigenvalue weighted by Gasteiger charge is -1.89. The molecular weight excluding hydrogens is 184 g/mol. The molecule has 2 heterocycles. The SMILES string of the molecule is O=C1OC(=O)c2nc(Cl)ncc21. The van der Waals surface area contributed by atoms with E-state index >= 15 is 0 Å². The van der Waals surface area contributed by atoms with E-state index in [9.17, 15) is 9.59 Å². The van der Waals surface area contributed by atoms with E-state index in [-0.39, 0.29) is 16.5 Å². The van der Waals surface area contributed by atoms with Crippen LogP contribution in [0.15, 0.2) is 6.20 Å². The molecule has 0 saturated carbocycles. The summed E-state index contributed by atoms with van der Waals surface area (Å²) in [6.07, 6.45) is 1.16. The van der Waals surface area contributed by atoms with Crippen LogP contribution in [0, 0.1) is 0 Å². The first-order chi connectivity index (χ1) is 5.68. The zero-order valence-electron chi connectivity index (χ0n) is 5.57. The van der Waals surface area contributed by atoms with Crippen molar-refractivity contribution in [1.82, 2.24) is 9.97 Å². The predicted octanol–water partition coefficient (Wildman–Crippen LogP) is 0.441. The summed E-state index contributed by atoms with van der Waals surface area (Å²) in [6.45, 7) is 0. The molecule has 2 rings (SSSR count). The van der Waals surface area contributed by atoms with Gasteiger partial charge in [0.05, 0.1) is 0 Å². The molecule has 60 valence electrons. The number of rotatable bonds is 0. The number of aromatic nitrogens is 2. The van der Waals surface area contributed by atoms with Gasteiger partial charge in [-0.15, -0.1) is 0 Å². The molecule has 1 aromatic heterocycles. The van der Waals surface area contributed by atoms with E-state index in [0.29, 0.717) is 0 Å². The van der Waals surface area contributed by atoms with E-state index in [0.717, 1.165) is 6.20 Å². The molecule has 0 unspecified atom stereocenters. The lowest BCUT2D eigenvalue weighted by molar-refractivity contribution is 0.0441. The van der Waals surface area contributed by atoms with Gasteiger partial charge < -0.3 is 4.74 Å². The summed E-state index contributed by atoms with van der Waals surface area (Å²) in [5, 5.41) is -0.0830. The first-order valence-corrected chi connectivity index (χ1v) is 3.35. The molecule has 6 heteroatoms. The van der Waals surface area contributed by atoms with Crippen molar-refractivity contribution in [2.75, 3.05) is 0 Å². The van der Waals surface area contributed by atoms with Gasteiger partial charge in [-0.25, -0.2) is 19.6 Å². The number of fused-ring (bicyclic) bond motifs is 1. The van der Waals surface area contributed by atoms with Crippen molar-refractivity contribution in [3.63, 3.8) is 0 Å². The first kappa shape index (κ1) is 7.17. The number of hydrogen-bond acceptors (Lipinski definition) is 5. The molecule has 0 N–H and O–H groups in total. The van der Waals surface area contributed by atoms with Crippen molar-refractivity contribution in [3.8, 4) is 0 Å². The van der Waals surface area contributed by atoms with Crippen molar-refractivity contribution in [2.24, 2.45) is 0 Å². The highest BCUT2D eigenvalue weighted by Gasteiger charge is 2.31. The van der Waals surface area contributed by atoms with Gasteiger partial charge in [0.15, 0.2) is 5.69 Å². The van der Waals surface area contributed by atoms with Gasteiger partial charge in [-0.2, -0.15) is 0 Å². The summed E-state index contributed by atoms with van der Waals surface area (Å²) >= 11 is 5.40. The maximum absolute atomic E-state index is 10.8. The third kappa shape index (κ3) is 0.868. The standard InChI is InChI=1S/C6HClN2O3/c7-6-8-1-2-3(9-6)5(11)12-4(2)10/h1H. The van der Waals surface area contributed by atoms with Crippen molar-refractivity contribution >= 4 is 23.5 Å². The van der Waals surface area contributed by atoms with Crippen LogP contribution in [0.25, 0.3) is 0 Å². The van der Waals surface area contributed by atoms with Crippen molar-refractivity contribution in [3.05, 3.63) is 22.7 Å². The zero-order chi connectivity index (χ0) is 8.72. The normalized spacial score (nSPS) is 14.4. The molecule has 1 aliphatic heterocycles. The number of halogens is 1. The Balaban J connectivity index is 2.68. The fourth-order valence-corrected chi connectivity index (χ4v) is 0.986. The molecular formula is C6HClN2O3. The molecule has 0 bridgehead atoms. The van der Waals surface area contributed by atoms with Crippen molar-refractivity contribution in [2.45, 2.75) is 0 Å². The molecule has 0 radical (unpaired) electrons. The Hall–Kier alpha value is -1.49. The molecule has 1 aromatic rings. The average Bonchev–Trinajstić information content (AvgIpc) is 2.28. The van der Waals surface area contributed by atoms with Crippen molar-refractivity contribution < 1.29 is 14.3 Å². The molecule has 0 atom stereocenters. The second-order valence-corrected chi connectivity index (χ2v) is 2.42. The summed E-state index contributed by atoms with van der Waals surface area (Å²) in [4.78, 5) is 28.7. The second kappa shape index (κ2) is 2.25. The van der Waals surface area contributed by atoms with Gasteiger partial charge in [0, 0.05) is 6.20 Å². The van der Waals surface area contributed by atoms with Crippen molar-refractivity contribution in [1.29, 1.82) is 0 Å². The molecule has 5 nitrogen and oxygen atoms in total. The Bertz CT molecular complexity index is 390. The van der Waals surface area contributed by atoms with Crippen LogP contribution in [0.2, 0.25) is 5.28 Å². The minimum atomic E-state index is -0.778. The summed E-state index contributed by atoms with van der Waals surface area (Å²) < 4.78 is 4.25. The van der Waals surface area contributed by atoms with Crippen LogP contribution in [0.1, 0.15) is 20.8 Å². The largest absolute Gasteiger partial charge is 0.384 e. The second-order valence-electron chi connectivity index (χ2n) is 2.08. The minimum Gasteiger partial charge on any atom is -0.384 e. The van der Waals surface area contributed by atoms with E-state index in [1.165, 1.54) is 0 Å². The van der Waals surface area contributed by atoms with Crippen LogP contribution >= 0.6 is 11.6 Å². The number of hydrogen-bond donors (Lipinski definition) is 0. The van der Waals surface area contributed by atoms with Gasteiger partial charge in [-0.05, 0) is 11.6 Å². The highest BCUT2D eigenvalue weighted by atomic mass is 35.5. The van der Waals surface area contributed by atoms with Gasteiger partial charge in [0.2, 0.25) is 5.28 Å². The zero-order valence-corrected chi connectivity index (χ0v) is 6.33. The number of esters is 2. The van der Waals surface area contributed by atoms with Gasteiger partial charge >= 0.3 is 11.9 Å². The molecule has 0 fully saturated rings. The van der Waals surface area contributed by atoms with Crippen LogP contribution in [0.5, 0.6) is 0 Å². The Kier molecular flexibility index (Phi) is 1.34. The topological polar surface area (TPSA) is 69.2 Å². The van der Waals surface area contributed by atoms with E-state index in [1.54, 1.807) is 0 Å². The van der Waals surface area contributed by atoms with Crippen LogP contribution in [-0.2, 0) is 4.74 Å². The predicted molar refractivity (Wildman–Crippen MR) is 36.8 cm³/mol. The molecule has 0 spiro atoms. The third-order valence-corrected chi connectivity index (χ3v) is 1.54. The summed E-state index contributed by atoms with van der Waals surface area (Å²) in [5.41, 5.74) is -0.00981. The molecule has 0 aliphatic carbocycles. The fraction of sp³-hybridized carbons (Fsp3) is 0. The monoisotopic (exact) mass is 184 g/mol. The van der Waals surface area contributed by atoms with Crippen LogP contribution in [-0.4, -0.2) is 21.9 Å². The minimum absolute atomic E-state index is 0.0596. The highest BCUT2D eigenvalue weighted by Crippen LogP contribution is 2.17. The van der Waals surface area contributed by atoms with Gasteiger partial charge in [0.25, 0.3) is 0 Å². The van der Waals surface area contributed by atoms with E-state index in [1.807, 2.05) is 0 Å². The van der Waals surface area contributed by atoms with Crippen LogP contribution in [0.3, 0.4) is 0 Å². The van der Waals surface area contributed by atoms with E-state index in [4.69, 9.17) is 11.6 Å². The molecule has 0 saturated heterocycles. The van der Waals surface area contributed by atoms with Gasteiger partial charge in [-0.3, -0.25) is 0 Å². The quantitative estimate of drug-likeness (QED) is 0.332. The Morgan fingerprint density at radius 1 is 1.33 bits per heavy atom. The third-order valence-electron chi connectivity index (χ3n) is 1.36. The molecule has 0 aromatic carbocycles. The number of carbonyl (C=O) groups excluding carboxylic acids is 2. The molecule has 1 aliphatic rings. The maximum atomic E-state index is 10.8.